The zero-order chi connectivity index (χ0) is 14.2. The number of H-pyrrole nitrogens is 1. The van der Waals surface area contributed by atoms with Crippen LogP contribution in [0.15, 0.2) is 16.9 Å². The monoisotopic (exact) mass is 349 g/mol. The topological polar surface area (TPSA) is 49.7 Å². The van der Waals surface area contributed by atoms with Crippen molar-refractivity contribution in [2.45, 2.75) is 44.7 Å². The van der Waals surface area contributed by atoms with Crippen LogP contribution in [0.4, 0.5) is 0 Å². The van der Waals surface area contributed by atoms with Crippen molar-refractivity contribution in [3.05, 3.63) is 33.8 Å². The number of halogens is 1. The molecule has 1 N–H and O–H groups in total. The van der Waals surface area contributed by atoms with Gasteiger partial charge < -0.3 is 0 Å². The molecule has 1 aliphatic carbocycles. The summed E-state index contributed by atoms with van der Waals surface area (Å²) < 4.78 is 3.15. The Bertz CT molecular complexity index is 632. The lowest BCUT2D eigenvalue weighted by molar-refractivity contribution is 0.307. The van der Waals surface area contributed by atoms with Crippen LogP contribution in [0.5, 0.6) is 0 Å². The van der Waals surface area contributed by atoms with E-state index in [4.69, 9.17) is 0 Å². The summed E-state index contributed by atoms with van der Waals surface area (Å²) in [7, 11) is 0. The molecular formula is C15H20BrN5. The number of aryl methyl sites for hydroxylation is 1. The van der Waals surface area contributed by atoms with Crippen LogP contribution >= 0.6 is 15.9 Å². The summed E-state index contributed by atoms with van der Waals surface area (Å²) in [5.41, 5.74) is 4.14. The molecular weight excluding hydrogens is 330 g/mol. The molecule has 0 amide bonds. The summed E-state index contributed by atoms with van der Waals surface area (Å²) >= 11 is 3.47. The van der Waals surface area contributed by atoms with E-state index in [2.05, 4.69) is 47.0 Å². The number of aromatic nitrogens is 4. The van der Waals surface area contributed by atoms with Gasteiger partial charge in [-0.1, -0.05) is 0 Å². The molecule has 1 fully saturated rings. The summed E-state index contributed by atoms with van der Waals surface area (Å²) in [4.78, 5) is 2.51. The standard InChI is InChI=1S/C15H20BrN5/c16-11-7-17-21(8-11)12-5-6-20(9-12)10-15-13-3-1-2-4-14(13)18-19-15/h7-8,12H,1-6,9-10H2,(H,18,19). The molecule has 2 aromatic heterocycles. The SMILES string of the molecule is Brc1cnn(C2CCN(Cc3n[nH]c4c3CCCC4)C2)c1. The molecule has 6 heteroatoms. The summed E-state index contributed by atoms with van der Waals surface area (Å²) in [5.74, 6) is 0. The lowest BCUT2D eigenvalue weighted by Crippen LogP contribution is -2.22. The van der Waals surface area contributed by atoms with Crippen molar-refractivity contribution in [2.75, 3.05) is 13.1 Å². The smallest absolute Gasteiger partial charge is 0.0797 e. The minimum absolute atomic E-state index is 0.492. The number of hydrogen-bond acceptors (Lipinski definition) is 3. The third kappa shape index (κ3) is 2.66. The molecule has 1 unspecified atom stereocenters. The maximum absolute atomic E-state index is 4.57. The van der Waals surface area contributed by atoms with Gasteiger partial charge in [0.1, 0.15) is 0 Å². The molecule has 1 aliphatic heterocycles. The van der Waals surface area contributed by atoms with Crippen molar-refractivity contribution in [3.63, 3.8) is 0 Å². The number of nitrogens with one attached hydrogen (secondary N) is 1. The number of hydrogen-bond donors (Lipinski definition) is 1. The summed E-state index contributed by atoms with van der Waals surface area (Å²) in [6.45, 7) is 3.17. The first-order valence-corrected chi connectivity index (χ1v) is 8.56. The van der Waals surface area contributed by atoms with Crippen LogP contribution in [0.1, 0.15) is 42.3 Å². The summed E-state index contributed by atoms with van der Waals surface area (Å²) in [6.07, 6.45) is 10.1. The molecule has 3 heterocycles. The maximum Gasteiger partial charge on any atom is 0.0797 e. The Kier molecular flexibility index (Phi) is 3.59. The van der Waals surface area contributed by atoms with Gasteiger partial charge in [-0.15, -0.1) is 0 Å². The molecule has 2 aromatic rings. The van der Waals surface area contributed by atoms with Gasteiger partial charge in [-0.25, -0.2) is 0 Å². The average Bonchev–Trinajstić information content (AvgIpc) is 3.20. The van der Waals surface area contributed by atoms with Gasteiger partial charge in [-0.2, -0.15) is 10.2 Å². The lowest BCUT2D eigenvalue weighted by Gasteiger charge is -2.17. The largest absolute Gasteiger partial charge is 0.295 e. The van der Waals surface area contributed by atoms with Gasteiger partial charge in [0.2, 0.25) is 0 Å². The molecule has 0 aromatic carbocycles. The third-order valence-corrected chi connectivity index (χ3v) is 5.12. The van der Waals surface area contributed by atoms with Crippen LogP contribution in [0.3, 0.4) is 0 Å². The normalized spacial score (nSPS) is 22.6. The first-order valence-electron chi connectivity index (χ1n) is 7.76. The number of aromatic amines is 1. The number of likely N-dealkylation sites (tertiary alicyclic amines) is 1. The van der Waals surface area contributed by atoms with Crippen molar-refractivity contribution >= 4 is 15.9 Å². The van der Waals surface area contributed by atoms with Crippen LogP contribution in [0.2, 0.25) is 0 Å². The number of rotatable bonds is 3. The molecule has 5 nitrogen and oxygen atoms in total. The first-order chi connectivity index (χ1) is 10.3. The van der Waals surface area contributed by atoms with Crippen molar-refractivity contribution < 1.29 is 0 Å². The molecule has 0 bridgehead atoms. The fraction of sp³-hybridized carbons (Fsp3) is 0.600. The average molecular weight is 350 g/mol. The molecule has 4 rings (SSSR count). The maximum atomic E-state index is 4.57. The van der Waals surface area contributed by atoms with Crippen LogP contribution in [-0.4, -0.2) is 38.0 Å². The van der Waals surface area contributed by atoms with Crippen molar-refractivity contribution in [1.29, 1.82) is 0 Å². The van der Waals surface area contributed by atoms with Gasteiger partial charge >= 0.3 is 0 Å². The van der Waals surface area contributed by atoms with Crippen LogP contribution in [-0.2, 0) is 19.4 Å². The van der Waals surface area contributed by atoms with E-state index in [1.165, 1.54) is 49.1 Å². The summed E-state index contributed by atoms with van der Waals surface area (Å²) in [5, 5.41) is 12.2. The molecule has 0 radical (unpaired) electrons. The summed E-state index contributed by atoms with van der Waals surface area (Å²) in [6, 6.07) is 0.492. The molecule has 1 atom stereocenters. The van der Waals surface area contributed by atoms with Gasteiger partial charge in [0.15, 0.2) is 0 Å². The highest BCUT2D eigenvalue weighted by atomic mass is 79.9. The van der Waals surface area contributed by atoms with E-state index in [0.29, 0.717) is 6.04 Å². The van der Waals surface area contributed by atoms with Crippen LogP contribution < -0.4 is 0 Å². The van der Waals surface area contributed by atoms with Crippen LogP contribution in [0, 0.1) is 0 Å². The molecule has 2 aliphatic rings. The van der Waals surface area contributed by atoms with E-state index in [1.807, 2.05) is 6.20 Å². The zero-order valence-corrected chi connectivity index (χ0v) is 13.6. The molecule has 0 spiro atoms. The Balaban J connectivity index is 1.43. The molecule has 0 saturated carbocycles. The third-order valence-electron chi connectivity index (χ3n) is 4.71. The number of nitrogens with zero attached hydrogens (tertiary/aromatic N) is 4. The minimum Gasteiger partial charge on any atom is -0.295 e. The van der Waals surface area contributed by atoms with Gasteiger partial charge in [-0.05, 0) is 53.6 Å². The predicted molar refractivity (Wildman–Crippen MR) is 84.1 cm³/mol. The van der Waals surface area contributed by atoms with E-state index in [9.17, 15) is 0 Å². The Hall–Kier alpha value is -1.14. The van der Waals surface area contributed by atoms with Gasteiger partial charge in [0.05, 0.1) is 22.4 Å². The quantitative estimate of drug-likeness (QED) is 0.926. The van der Waals surface area contributed by atoms with E-state index in [1.54, 1.807) is 0 Å². The Morgan fingerprint density at radius 1 is 1.33 bits per heavy atom. The van der Waals surface area contributed by atoms with E-state index in [0.717, 1.165) is 24.1 Å². The zero-order valence-electron chi connectivity index (χ0n) is 12.1. The highest BCUT2D eigenvalue weighted by Crippen LogP contribution is 2.27. The Morgan fingerprint density at radius 2 is 2.24 bits per heavy atom. The number of fused-ring (bicyclic) bond motifs is 1. The molecule has 1 saturated heterocycles. The van der Waals surface area contributed by atoms with Gasteiger partial charge in [0.25, 0.3) is 0 Å². The highest BCUT2D eigenvalue weighted by molar-refractivity contribution is 9.10. The lowest BCUT2D eigenvalue weighted by atomic mass is 9.96. The molecule has 112 valence electrons. The van der Waals surface area contributed by atoms with E-state index in [-0.39, 0.29) is 0 Å². The van der Waals surface area contributed by atoms with Crippen molar-refractivity contribution in [3.8, 4) is 0 Å². The molecule has 21 heavy (non-hydrogen) atoms. The fourth-order valence-electron chi connectivity index (χ4n) is 3.58. The first kappa shape index (κ1) is 13.5. The van der Waals surface area contributed by atoms with E-state index < -0.39 is 0 Å². The Morgan fingerprint density at radius 3 is 3.10 bits per heavy atom. The van der Waals surface area contributed by atoms with Crippen LogP contribution in [0.25, 0.3) is 0 Å². The van der Waals surface area contributed by atoms with Gasteiger partial charge in [0, 0.05) is 31.5 Å². The Labute approximate surface area is 132 Å². The minimum atomic E-state index is 0.492. The fourth-order valence-corrected chi connectivity index (χ4v) is 3.88. The van der Waals surface area contributed by atoms with Crippen molar-refractivity contribution in [1.82, 2.24) is 24.9 Å². The van der Waals surface area contributed by atoms with E-state index >= 15 is 0 Å². The second kappa shape index (κ2) is 5.57. The predicted octanol–water partition coefficient (Wildman–Crippen LogP) is 2.69. The second-order valence-electron chi connectivity index (χ2n) is 6.15. The van der Waals surface area contributed by atoms with Crippen molar-refractivity contribution in [2.24, 2.45) is 0 Å². The van der Waals surface area contributed by atoms with Gasteiger partial charge in [-0.3, -0.25) is 14.7 Å². The highest BCUT2D eigenvalue weighted by Gasteiger charge is 2.26. The second-order valence-corrected chi connectivity index (χ2v) is 7.07.